The molecule has 0 radical (unpaired) electrons. The zero-order chi connectivity index (χ0) is 9.68. The van der Waals surface area contributed by atoms with Gasteiger partial charge in [-0.05, 0) is 18.3 Å². The maximum absolute atomic E-state index is 11.2. The highest BCUT2D eigenvalue weighted by molar-refractivity contribution is 6.36. The first-order chi connectivity index (χ1) is 6.24. The topological polar surface area (TPSA) is 64.1 Å². The summed E-state index contributed by atoms with van der Waals surface area (Å²) in [4.78, 5) is 11.2. The Kier molecular flexibility index (Phi) is 3.28. The molecule has 0 aliphatic heterocycles. The highest BCUT2D eigenvalue weighted by atomic mass is 35.5. The van der Waals surface area contributed by atoms with E-state index >= 15 is 0 Å². The van der Waals surface area contributed by atoms with Gasteiger partial charge in [-0.2, -0.15) is 0 Å². The van der Waals surface area contributed by atoms with Gasteiger partial charge in [0.1, 0.15) is 0 Å². The first-order valence-electron chi connectivity index (χ1n) is 3.41. The Bertz CT molecular complexity index is 362. The third kappa shape index (κ3) is 2.76. The van der Waals surface area contributed by atoms with Crippen molar-refractivity contribution >= 4 is 23.6 Å². The number of hydrogen-bond donors (Lipinski definition) is 0. The zero-order valence-electron chi connectivity index (χ0n) is 6.51. The van der Waals surface area contributed by atoms with Gasteiger partial charge in [0.15, 0.2) is 5.78 Å². The number of benzene rings is 1. The minimum absolute atomic E-state index is 0.361. The third-order valence-electron chi connectivity index (χ3n) is 1.34. The molecular weight excluding hydrogens is 190 g/mol. The number of carbonyl (C=O) groups excluding carboxylic acids is 1. The van der Waals surface area contributed by atoms with Gasteiger partial charge in [-0.3, -0.25) is 10.0 Å². The molecule has 0 bridgehead atoms. The molecule has 0 aromatic heterocycles. The lowest BCUT2D eigenvalue weighted by atomic mass is 10.1. The van der Waals surface area contributed by atoms with E-state index in [0.29, 0.717) is 10.6 Å². The molecule has 0 fully saturated rings. The molecule has 0 unspecified atom stereocenters. The van der Waals surface area contributed by atoms with Crippen LogP contribution < -0.4 is 0 Å². The lowest BCUT2D eigenvalue weighted by molar-refractivity contribution is 0.107. The summed E-state index contributed by atoms with van der Waals surface area (Å²) in [5.74, 6) is -0.361. The number of hydrogen-bond acceptors (Lipinski definition) is 2. The van der Waals surface area contributed by atoms with Gasteiger partial charge in [-0.1, -0.05) is 23.7 Å². The van der Waals surface area contributed by atoms with E-state index in [1.54, 1.807) is 18.2 Å². The number of Topliss-reactive ketones (excluding diaryl/α,β-unsaturated/α-hetero) is 1. The van der Waals surface area contributed by atoms with Crippen LogP contribution in [0.1, 0.15) is 10.4 Å². The van der Waals surface area contributed by atoms with Crippen molar-refractivity contribution in [1.29, 1.82) is 0 Å². The summed E-state index contributed by atoms with van der Waals surface area (Å²) in [5.41, 5.74) is 8.37. The van der Waals surface area contributed by atoms with E-state index in [1.165, 1.54) is 6.07 Å². The predicted molar refractivity (Wildman–Crippen MR) is 50.1 cm³/mol. The van der Waals surface area contributed by atoms with Crippen molar-refractivity contribution in [2.45, 2.75) is 0 Å². The van der Waals surface area contributed by atoms with Gasteiger partial charge in [-0.25, -0.2) is 0 Å². The molecule has 66 valence electrons. The first-order valence-corrected chi connectivity index (χ1v) is 3.79. The SMILES string of the molecule is [N-]=NN=CC(=O)c1cccc(Cl)c1. The van der Waals surface area contributed by atoms with Crippen LogP contribution in [0.3, 0.4) is 0 Å². The largest absolute Gasteiger partial charge is 0.362 e. The Morgan fingerprint density at radius 3 is 2.92 bits per heavy atom. The van der Waals surface area contributed by atoms with E-state index in [9.17, 15) is 4.79 Å². The number of rotatable bonds is 3. The second-order valence-electron chi connectivity index (χ2n) is 2.21. The van der Waals surface area contributed by atoms with Gasteiger partial charge in [0, 0.05) is 10.6 Å². The van der Waals surface area contributed by atoms with E-state index in [-0.39, 0.29) is 5.78 Å². The fraction of sp³-hybridized carbons (Fsp3) is 0. The van der Waals surface area contributed by atoms with Crippen LogP contribution in [0.5, 0.6) is 0 Å². The van der Waals surface area contributed by atoms with E-state index < -0.39 is 0 Å². The lowest BCUT2D eigenvalue weighted by Crippen LogP contribution is -1.99. The molecule has 0 aliphatic carbocycles. The Hall–Kier alpha value is -1.55. The van der Waals surface area contributed by atoms with Crippen LogP contribution in [0.2, 0.25) is 5.02 Å². The van der Waals surface area contributed by atoms with Crippen LogP contribution in [0.25, 0.3) is 5.53 Å². The summed E-state index contributed by atoms with van der Waals surface area (Å²) in [6.07, 6.45) is 0.908. The highest BCUT2D eigenvalue weighted by Crippen LogP contribution is 2.10. The van der Waals surface area contributed by atoms with Gasteiger partial charge in [0.2, 0.25) is 0 Å². The van der Waals surface area contributed by atoms with Crippen LogP contribution in [0, 0.1) is 0 Å². The van der Waals surface area contributed by atoms with Crippen molar-refractivity contribution < 1.29 is 4.79 Å². The molecule has 0 N–H and O–H groups in total. The average molecular weight is 195 g/mol. The van der Waals surface area contributed by atoms with Crippen molar-refractivity contribution in [2.24, 2.45) is 10.3 Å². The van der Waals surface area contributed by atoms with Crippen LogP contribution >= 0.6 is 11.6 Å². The molecule has 1 aromatic rings. The summed E-state index contributed by atoms with van der Waals surface area (Å²) >= 11 is 5.65. The first kappa shape index (κ1) is 9.54. The highest BCUT2D eigenvalue weighted by Gasteiger charge is 1.99. The summed E-state index contributed by atoms with van der Waals surface area (Å²) in [7, 11) is 0. The summed E-state index contributed by atoms with van der Waals surface area (Å²) in [6, 6.07) is 6.41. The average Bonchev–Trinajstić information content (AvgIpc) is 2.14. The molecule has 0 aliphatic rings. The van der Waals surface area contributed by atoms with E-state index in [0.717, 1.165) is 6.21 Å². The molecule has 0 saturated carbocycles. The maximum atomic E-state index is 11.2. The molecule has 4 nitrogen and oxygen atoms in total. The van der Waals surface area contributed by atoms with Gasteiger partial charge >= 0.3 is 0 Å². The molecule has 0 amide bonds. The fourth-order valence-corrected chi connectivity index (χ4v) is 0.985. The fourth-order valence-electron chi connectivity index (χ4n) is 0.795. The smallest absolute Gasteiger partial charge is 0.183 e. The summed E-state index contributed by atoms with van der Waals surface area (Å²) < 4.78 is 0. The van der Waals surface area contributed by atoms with Crippen LogP contribution in [0.15, 0.2) is 34.6 Å². The molecule has 1 rings (SSSR count). The van der Waals surface area contributed by atoms with E-state index in [4.69, 9.17) is 17.1 Å². The zero-order valence-corrected chi connectivity index (χ0v) is 7.27. The molecule has 13 heavy (non-hydrogen) atoms. The van der Waals surface area contributed by atoms with Crippen molar-refractivity contribution in [3.63, 3.8) is 0 Å². The monoisotopic (exact) mass is 194 g/mol. The van der Waals surface area contributed by atoms with Crippen LogP contribution in [-0.4, -0.2) is 12.0 Å². The van der Waals surface area contributed by atoms with Gasteiger partial charge in [0.25, 0.3) is 0 Å². The maximum Gasteiger partial charge on any atom is 0.183 e. The number of nitrogens with zero attached hydrogens (tertiary/aromatic N) is 3. The molecule has 0 heterocycles. The molecule has 0 saturated heterocycles. The van der Waals surface area contributed by atoms with Crippen LogP contribution in [-0.2, 0) is 0 Å². The number of carbonyl (C=O) groups is 1. The molecule has 1 aromatic carbocycles. The Morgan fingerprint density at radius 1 is 1.54 bits per heavy atom. The van der Waals surface area contributed by atoms with E-state index in [2.05, 4.69) is 10.3 Å². The Morgan fingerprint density at radius 2 is 2.31 bits per heavy atom. The standard InChI is InChI=1S/C8H5ClN3O/c9-7-3-1-2-6(4-7)8(13)5-11-12-10/h1-5H/q-1. The molecular formula is C8H5ClN3O-. The summed E-state index contributed by atoms with van der Waals surface area (Å²) in [6.45, 7) is 0. The third-order valence-corrected chi connectivity index (χ3v) is 1.57. The lowest BCUT2D eigenvalue weighted by Gasteiger charge is -1.96. The van der Waals surface area contributed by atoms with Crippen molar-refractivity contribution in [3.8, 4) is 0 Å². The minimum Gasteiger partial charge on any atom is -0.362 e. The van der Waals surface area contributed by atoms with Crippen molar-refractivity contribution in [3.05, 3.63) is 40.4 Å². The number of halogens is 1. The van der Waals surface area contributed by atoms with Crippen molar-refractivity contribution in [1.82, 2.24) is 0 Å². The van der Waals surface area contributed by atoms with Gasteiger partial charge in [0.05, 0.1) is 0 Å². The molecule has 0 spiro atoms. The second-order valence-corrected chi connectivity index (χ2v) is 2.65. The van der Waals surface area contributed by atoms with Gasteiger partial charge in [-0.15, -0.1) is 0 Å². The summed E-state index contributed by atoms with van der Waals surface area (Å²) in [5, 5.41) is 5.95. The Labute approximate surface area is 79.7 Å². The Balaban J connectivity index is 2.89. The number of ketones is 1. The normalized spacial score (nSPS) is 10.2. The van der Waals surface area contributed by atoms with Crippen LogP contribution in [0.4, 0.5) is 0 Å². The molecule has 0 atom stereocenters. The second kappa shape index (κ2) is 4.47. The predicted octanol–water partition coefficient (Wildman–Crippen LogP) is 2.53. The van der Waals surface area contributed by atoms with Gasteiger partial charge < -0.3 is 10.6 Å². The minimum atomic E-state index is -0.361. The quantitative estimate of drug-likeness (QED) is 0.316. The molecule has 5 heteroatoms. The van der Waals surface area contributed by atoms with Crippen molar-refractivity contribution in [2.75, 3.05) is 0 Å². The van der Waals surface area contributed by atoms with E-state index in [1.807, 2.05) is 0 Å².